The van der Waals surface area contributed by atoms with Crippen LogP contribution >= 0.6 is 12.2 Å². The average Bonchev–Trinajstić information content (AvgIpc) is 2.72. The van der Waals surface area contributed by atoms with Crippen LogP contribution in [0.15, 0.2) is 84.9 Å². The van der Waals surface area contributed by atoms with Gasteiger partial charge in [0.2, 0.25) is 0 Å². The Labute approximate surface area is 171 Å². The Morgan fingerprint density at radius 3 is 1.43 bits per heavy atom. The fourth-order valence-electron chi connectivity index (χ4n) is 3.56. The molecule has 0 radical (unpaired) electrons. The topological polar surface area (TPSA) is 24.1 Å². The van der Waals surface area contributed by atoms with Crippen molar-refractivity contribution >= 4 is 38.9 Å². The second-order valence-corrected chi connectivity index (χ2v) is 7.68. The number of hydrogen-bond acceptors (Lipinski definition) is 1. The van der Waals surface area contributed by atoms with Gasteiger partial charge in [0, 0.05) is 0 Å². The van der Waals surface area contributed by atoms with Gasteiger partial charge in [-0.15, -0.1) is 0 Å². The Balaban J connectivity index is 1.43. The summed E-state index contributed by atoms with van der Waals surface area (Å²) in [5, 5.41) is 12.5. The number of benzene rings is 4. The first-order chi connectivity index (χ1) is 13.6. The maximum Gasteiger partial charge on any atom is 0.167 e. The van der Waals surface area contributed by atoms with Gasteiger partial charge < -0.3 is 10.6 Å². The molecule has 0 amide bonds. The van der Waals surface area contributed by atoms with Gasteiger partial charge in [-0.05, 0) is 70.9 Å². The fourth-order valence-corrected chi connectivity index (χ4v) is 3.91. The minimum absolute atomic E-state index is 0.133. The van der Waals surface area contributed by atoms with Crippen LogP contribution in [0, 0.1) is 0 Å². The highest BCUT2D eigenvalue weighted by Gasteiger charge is 2.11. The molecule has 140 valence electrons. The van der Waals surface area contributed by atoms with Gasteiger partial charge in [0.25, 0.3) is 0 Å². The molecular weight excluding hydrogens is 360 g/mol. The monoisotopic (exact) mass is 384 g/mol. The number of hydrogen-bond donors (Lipinski definition) is 2. The Bertz CT molecular complexity index is 1050. The maximum atomic E-state index is 5.58. The van der Waals surface area contributed by atoms with E-state index in [1.165, 1.54) is 32.7 Å². The molecule has 3 heteroatoms. The van der Waals surface area contributed by atoms with E-state index in [0.29, 0.717) is 5.11 Å². The molecule has 4 rings (SSSR count). The number of nitrogens with one attached hydrogen (secondary N) is 2. The summed E-state index contributed by atoms with van der Waals surface area (Å²) in [6, 6.07) is 30.2. The average molecular weight is 385 g/mol. The Hall–Kier alpha value is -2.91. The van der Waals surface area contributed by atoms with E-state index in [4.69, 9.17) is 12.2 Å². The van der Waals surface area contributed by atoms with Crippen LogP contribution in [-0.4, -0.2) is 5.11 Å². The van der Waals surface area contributed by atoms with Crippen molar-refractivity contribution in [3.8, 4) is 0 Å². The van der Waals surface area contributed by atoms with E-state index in [2.05, 4.69) is 109 Å². The highest BCUT2D eigenvalue weighted by atomic mass is 32.1. The fraction of sp³-hybridized carbons (Fsp3) is 0.160. The van der Waals surface area contributed by atoms with Gasteiger partial charge >= 0.3 is 0 Å². The maximum absolute atomic E-state index is 5.58. The van der Waals surface area contributed by atoms with E-state index in [1.807, 2.05) is 0 Å². The minimum Gasteiger partial charge on any atom is -0.356 e. The van der Waals surface area contributed by atoms with Crippen LogP contribution in [0.25, 0.3) is 21.5 Å². The molecule has 2 N–H and O–H groups in total. The van der Waals surface area contributed by atoms with Crippen LogP contribution in [0.5, 0.6) is 0 Å². The van der Waals surface area contributed by atoms with Crippen molar-refractivity contribution in [1.29, 1.82) is 0 Å². The zero-order valence-corrected chi connectivity index (χ0v) is 17.0. The lowest BCUT2D eigenvalue weighted by Crippen LogP contribution is -2.38. The van der Waals surface area contributed by atoms with Gasteiger partial charge in [0.05, 0.1) is 12.1 Å². The number of rotatable bonds is 4. The lowest BCUT2D eigenvalue weighted by atomic mass is 10.0. The molecule has 0 spiro atoms. The van der Waals surface area contributed by atoms with Crippen molar-refractivity contribution in [2.24, 2.45) is 0 Å². The molecule has 2 nitrogen and oxygen atoms in total. The zero-order chi connectivity index (χ0) is 19.5. The summed E-state index contributed by atoms with van der Waals surface area (Å²) in [5.74, 6) is 0. The van der Waals surface area contributed by atoms with Crippen molar-refractivity contribution < 1.29 is 0 Å². The summed E-state index contributed by atoms with van der Waals surface area (Å²) in [4.78, 5) is 0. The number of thiocarbonyl (C=S) groups is 1. The molecule has 0 bridgehead atoms. The smallest absolute Gasteiger partial charge is 0.167 e. The summed E-state index contributed by atoms with van der Waals surface area (Å²) < 4.78 is 0. The summed E-state index contributed by atoms with van der Waals surface area (Å²) >= 11 is 5.58. The van der Waals surface area contributed by atoms with Crippen LogP contribution in [0.4, 0.5) is 0 Å². The minimum atomic E-state index is 0.133. The van der Waals surface area contributed by atoms with Gasteiger partial charge in [0.1, 0.15) is 0 Å². The molecule has 0 heterocycles. The Morgan fingerprint density at radius 1 is 0.607 bits per heavy atom. The van der Waals surface area contributed by atoms with Crippen molar-refractivity contribution in [1.82, 2.24) is 10.6 Å². The molecule has 2 atom stereocenters. The quantitative estimate of drug-likeness (QED) is 0.405. The van der Waals surface area contributed by atoms with E-state index in [0.717, 1.165) is 0 Å². The van der Waals surface area contributed by atoms with Gasteiger partial charge in [-0.3, -0.25) is 0 Å². The number of fused-ring (bicyclic) bond motifs is 2. The summed E-state index contributed by atoms with van der Waals surface area (Å²) in [5.41, 5.74) is 2.45. The third-order valence-electron chi connectivity index (χ3n) is 5.24. The molecule has 0 unspecified atom stereocenters. The molecule has 0 saturated carbocycles. The highest BCUT2D eigenvalue weighted by molar-refractivity contribution is 7.80. The van der Waals surface area contributed by atoms with Crippen molar-refractivity contribution in [2.45, 2.75) is 25.9 Å². The van der Waals surface area contributed by atoms with E-state index in [-0.39, 0.29) is 12.1 Å². The summed E-state index contributed by atoms with van der Waals surface area (Å²) in [7, 11) is 0. The van der Waals surface area contributed by atoms with Crippen molar-refractivity contribution in [3.63, 3.8) is 0 Å². The summed E-state index contributed by atoms with van der Waals surface area (Å²) in [6.07, 6.45) is 0. The second kappa shape index (κ2) is 7.99. The van der Waals surface area contributed by atoms with Gasteiger partial charge in [0.15, 0.2) is 5.11 Å². The third kappa shape index (κ3) is 4.00. The van der Waals surface area contributed by atoms with E-state index in [9.17, 15) is 0 Å². The lowest BCUT2D eigenvalue weighted by Gasteiger charge is -2.21. The van der Waals surface area contributed by atoms with Crippen LogP contribution in [-0.2, 0) is 0 Å². The van der Waals surface area contributed by atoms with E-state index >= 15 is 0 Å². The van der Waals surface area contributed by atoms with E-state index in [1.54, 1.807) is 0 Å². The molecule has 0 saturated heterocycles. The largest absolute Gasteiger partial charge is 0.356 e. The molecule has 4 aromatic carbocycles. The predicted molar refractivity (Wildman–Crippen MR) is 124 cm³/mol. The molecule has 0 aromatic heterocycles. The Kier molecular flexibility index (Phi) is 5.27. The first kappa shape index (κ1) is 18.5. The molecule has 4 aromatic rings. The molecule has 0 aliphatic rings. The molecule has 0 fully saturated rings. The molecule has 0 aliphatic heterocycles. The van der Waals surface area contributed by atoms with Gasteiger partial charge in [-0.25, -0.2) is 0 Å². The second-order valence-electron chi connectivity index (χ2n) is 7.27. The standard InChI is InChI=1S/C25H24N2S/c1-17(21-13-11-19-7-3-5-9-23(19)15-21)26-25(28)27-18(2)22-14-12-20-8-4-6-10-24(20)16-22/h3-18H,1-2H3,(H2,26,27,28)/t17-,18-/m1/s1. The SMILES string of the molecule is C[C@@H](NC(=S)N[C@H](C)c1ccc2ccccc2c1)c1ccc2ccccc2c1. The van der Waals surface area contributed by atoms with Gasteiger partial charge in [-0.1, -0.05) is 72.8 Å². The van der Waals surface area contributed by atoms with Crippen LogP contribution in [0.2, 0.25) is 0 Å². The normalized spacial score (nSPS) is 13.2. The third-order valence-corrected chi connectivity index (χ3v) is 5.48. The van der Waals surface area contributed by atoms with Crippen LogP contribution in [0.1, 0.15) is 37.1 Å². The first-order valence-corrected chi connectivity index (χ1v) is 10.1. The molecule has 0 aliphatic carbocycles. The first-order valence-electron chi connectivity index (χ1n) is 9.64. The molecule has 28 heavy (non-hydrogen) atoms. The van der Waals surface area contributed by atoms with Crippen LogP contribution < -0.4 is 10.6 Å². The zero-order valence-electron chi connectivity index (χ0n) is 16.1. The van der Waals surface area contributed by atoms with Crippen molar-refractivity contribution in [3.05, 3.63) is 96.1 Å². The predicted octanol–water partition coefficient (Wildman–Crippen LogP) is 6.28. The van der Waals surface area contributed by atoms with Crippen LogP contribution in [0.3, 0.4) is 0 Å². The Morgan fingerprint density at radius 2 is 1.00 bits per heavy atom. The summed E-state index contributed by atoms with van der Waals surface area (Å²) in [6.45, 7) is 4.28. The van der Waals surface area contributed by atoms with E-state index < -0.39 is 0 Å². The highest BCUT2D eigenvalue weighted by Crippen LogP contribution is 2.22. The lowest BCUT2D eigenvalue weighted by molar-refractivity contribution is 0.656. The molecular formula is C25H24N2S. The van der Waals surface area contributed by atoms with Crippen molar-refractivity contribution in [2.75, 3.05) is 0 Å². The van der Waals surface area contributed by atoms with Gasteiger partial charge in [-0.2, -0.15) is 0 Å².